The van der Waals surface area contributed by atoms with Crippen LogP contribution in [0.15, 0.2) is 0 Å². The van der Waals surface area contributed by atoms with Gasteiger partial charge < -0.3 is 4.74 Å². The summed E-state index contributed by atoms with van der Waals surface area (Å²) in [5.74, 6) is 0. The van der Waals surface area contributed by atoms with Crippen LogP contribution in [0.5, 0.6) is 0 Å². The van der Waals surface area contributed by atoms with Gasteiger partial charge in [0.2, 0.25) is 0 Å². The number of hydrogen-bond acceptors (Lipinski definition) is 2. The van der Waals surface area contributed by atoms with Crippen LogP contribution in [0.4, 0.5) is 0 Å². The van der Waals surface area contributed by atoms with Crippen molar-refractivity contribution >= 4 is 0 Å². The molecule has 0 atom stereocenters. The van der Waals surface area contributed by atoms with E-state index in [-0.39, 0.29) is 0 Å². The van der Waals surface area contributed by atoms with E-state index >= 15 is 0 Å². The maximum Gasteiger partial charge on any atom is 0.0589 e. The van der Waals surface area contributed by atoms with Crippen LogP contribution in [0, 0.1) is 0 Å². The molecular formula is C9H17NO. The first-order valence-corrected chi connectivity index (χ1v) is 4.66. The molecule has 2 saturated heterocycles. The number of rotatable bonds is 3. The molecule has 2 fully saturated rings. The first-order valence-electron chi connectivity index (χ1n) is 4.66. The highest BCUT2D eigenvalue weighted by molar-refractivity contribution is 4.94. The van der Waals surface area contributed by atoms with Crippen molar-refractivity contribution in [3.8, 4) is 0 Å². The molecule has 0 spiro atoms. The minimum absolute atomic E-state index is 0.910. The lowest BCUT2D eigenvalue weighted by Gasteiger charge is -2.20. The molecule has 2 heterocycles. The zero-order chi connectivity index (χ0) is 7.68. The van der Waals surface area contributed by atoms with Crippen molar-refractivity contribution in [1.29, 1.82) is 0 Å². The Morgan fingerprint density at radius 3 is 2.18 bits per heavy atom. The highest BCUT2D eigenvalue weighted by Gasteiger charge is 2.38. The number of hydrogen-bond donors (Lipinski definition) is 0. The molecule has 2 aliphatic rings. The van der Waals surface area contributed by atoms with Gasteiger partial charge in [-0.25, -0.2) is 0 Å². The van der Waals surface area contributed by atoms with Crippen molar-refractivity contribution < 1.29 is 4.74 Å². The van der Waals surface area contributed by atoms with Gasteiger partial charge in [0.05, 0.1) is 6.61 Å². The number of methoxy groups -OCH3 is 1. The van der Waals surface area contributed by atoms with Crippen molar-refractivity contribution in [2.45, 2.75) is 37.8 Å². The maximum atomic E-state index is 5.09. The van der Waals surface area contributed by atoms with E-state index in [0.29, 0.717) is 0 Å². The average molecular weight is 155 g/mol. The fraction of sp³-hybridized carbons (Fsp3) is 1.00. The highest BCUT2D eigenvalue weighted by Crippen LogP contribution is 2.36. The lowest BCUT2D eigenvalue weighted by atomic mass is 10.0. The van der Waals surface area contributed by atoms with E-state index in [1.807, 2.05) is 0 Å². The molecular weight excluding hydrogens is 138 g/mol. The molecule has 0 aromatic heterocycles. The minimum Gasteiger partial charge on any atom is -0.383 e. The quantitative estimate of drug-likeness (QED) is 0.608. The van der Waals surface area contributed by atoms with Gasteiger partial charge in [-0.2, -0.15) is 0 Å². The smallest absolute Gasteiger partial charge is 0.0589 e. The van der Waals surface area contributed by atoms with Crippen molar-refractivity contribution in [2.24, 2.45) is 0 Å². The van der Waals surface area contributed by atoms with E-state index in [2.05, 4.69) is 4.90 Å². The first kappa shape index (κ1) is 7.56. The summed E-state index contributed by atoms with van der Waals surface area (Å²) in [6.07, 6.45) is 5.76. The van der Waals surface area contributed by atoms with Gasteiger partial charge in [0.1, 0.15) is 0 Å². The third-order valence-corrected chi connectivity index (χ3v) is 3.16. The van der Waals surface area contributed by atoms with E-state index in [9.17, 15) is 0 Å². The Morgan fingerprint density at radius 1 is 1.18 bits per heavy atom. The van der Waals surface area contributed by atoms with Crippen molar-refractivity contribution in [1.82, 2.24) is 4.90 Å². The third-order valence-electron chi connectivity index (χ3n) is 3.16. The Balaban J connectivity index is 1.84. The summed E-state index contributed by atoms with van der Waals surface area (Å²) in [6, 6.07) is 1.82. The van der Waals surface area contributed by atoms with Crippen LogP contribution in [0.1, 0.15) is 25.7 Å². The van der Waals surface area contributed by atoms with Gasteiger partial charge in [-0.3, -0.25) is 4.90 Å². The van der Waals surface area contributed by atoms with Crippen LogP contribution >= 0.6 is 0 Å². The molecule has 2 nitrogen and oxygen atoms in total. The van der Waals surface area contributed by atoms with Gasteiger partial charge in [-0.1, -0.05) is 0 Å². The van der Waals surface area contributed by atoms with Gasteiger partial charge in [0.15, 0.2) is 0 Å². The second-order valence-electron chi connectivity index (χ2n) is 3.69. The first-order chi connectivity index (χ1) is 5.42. The van der Waals surface area contributed by atoms with Crippen molar-refractivity contribution in [3.05, 3.63) is 0 Å². The minimum atomic E-state index is 0.910. The lowest BCUT2D eigenvalue weighted by Crippen LogP contribution is -2.31. The largest absolute Gasteiger partial charge is 0.383 e. The van der Waals surface area contributed by atoms with Gasteiger partial charge in [-0.15, -0.1) is 0 Å². The fourth-order valence-electron chi connectivity index (χ4n) is 2.58. The standard InChI is InChI=1S/C9H17NO/c1-11-7-6-10-8-2-3-9(10)5-4-8/h8-9H,2-7H2,1H3. The van der Waals surface area contributed by atoms with E-state index < -0.39 is 0 Å². The summed E-state index contributed by atoms with van der Waals surface area (Å²) in [5, 5.41) is 0. The molecule has 0 aliphatic carbocycles. The molecule has 2 heteroatoms. The Hall–Kier alpha value is -0.0800. The molecule has 2 aliphatic heterocycles. The summed E-state index contributed by atoms with van der Waals surface area (Å²) in [5.41, 5.74) is 0. The van der Waals surface area contributed by atoms with Crippen LogP contribution < -0.4 is 0 Å². The maximum absolute atomic E-state index is 5.09. The van der Waals surface area contributed by atoms with Crippen LogP contribution in [-0.2, 0) is 4.74 Å². The topological polar surface area (TPSA) is 12.5 Å². The molecule has 0 saturated carbocycles. The van der Waals surface area contributed by atoms with Gasteiger partial charge in [-0.05, 0) is 25.7 Å². The molecule has 0 unspecified atom stereocenters. The Bertz CT molecular complexity index is 118. The van der Waals surface area contributed by atoms with E-state index in [1.165, 1.54) is 25.7 Å². The van der Waals surface area contributed by atoms with E-state index in [0.717, 1.165) is 25.2 Å². The van der Waals surface area contributed by atoms with Gasteiger partial charge in [0.25, 0.3) is 0 Å². The fourth-order valence-corrected chi connectivity index (χ4v) is 2.58. The van der Waals surface area contributed by atoms with Crippen molar-refractivity contribution in [2.75, 3.05) is 20.3 Å². The van der Waals surface area contributed by atoms with Crippen LogP contribution in [0.2, 0.25) is 0 Å². The second-order valence-corrected chi connectivity index (χ2v) is 3.69. The Kier molecular flexibility index (Phi) is 2.14. The molecule has 0 radical (unpaired) electrons. The van der Waals surface area contributed by atoms with Crippen molar-refractivity contribution in [3.63, 3.8) is 0 Å². The van der Waals surface area contributed by atoms with E-state index in [4.69, 9.17) is 4.74 Å². The predicted molar refractivity (Wildman–Crippen MR) is 44.6 cm³/mol. The molecule has 0 amide bonds. The number of ether oxygens (including phenoxy) is 1. The summed E-state index contributed by atoms with van der Waals surface area (Å²) >= 11 is 0. The predicted octanol–water partition coefficient (Wildman–Crippen LogP) is 1.26. The summed E-state index contributed by atoms with van der Waals surface area (Å²) in [4.78, 5) is 2.64. The van der Waals surface area contributed by atoms with E-state index in [1.54, 1.807) is 7.11 Å². The van der Waals surface area contributed by atoms with Gasteiger partial charge >= 0.3 is 0 Å². The molecule has 11 heavy (non-hydrogen) atoms. The molecule has 0 aromatic carbocycles. The normalized spacial score (nSPS) is 36.8. The molecule has 64 valence electrons. The Morgan fingerprint density at radius 2 is 1.73 bits per heavy atom. The Labute approximate surface area is 68.5 Å². The third kappa shape index (κ3) is 1.30. The summed E-state index contributed by atoms with van der Waals surface area (Å²) in [7, 11) is 1.79. The molecule has 0 N–H and O–H groups in total. The zero-order valence-corrected chi connectivity index (χ0v) is 7.25. The number of fused-ring (bicyclic) bond motifs is 2. The van der Waals surface area contributed by atoms with Crippen LogP contribution in [-0.4, -0.2) is 37.2 Å². The molecule has 2 rings (SSSR count). The van der Waals surface area contributed by atoms with Gasteiger partial charge in [0, 0.05) is 25.7 Å². The lowest BCUT2D eigenvalue weighted by molar-refractivity contribution is 0.139. The molecule has 2 bridgehead atoms. The van der Waals surface area contributed by atoms with Crippen LogP contribution in [0.3, 0.4) is 0 Å². The monoisotopic (exact) mass is 155 g/mol. The highest BCUT2D eigenvalue weighted by atomic mass is 16.5. The number of nitrogens with zero attached hydrogens (tertiary/aromatic N) is 1. The zero-order valence-electron chi connectivity index (χ0n) is 7.25. The summed E-state index contributed by atoms with van der Waals surface area (Å²) < 4.78 is 5.09. The second kappa shape index (κ2) is 3.11. The molecule has 0 aromatic rings. The average Bonchev–Trinajstić information content (AvgIpc) is 2.59. The summed E-state index contributed by atoms with van der Waals surface area (Å²) in [6.45, 7) is 2.07. The SMILES string of the molecule is COCCN1C2CCC1CC2. The van der Waals surface area contributed by atoms with Crippen LogP contribution in [0.25, 0.3) is 0 Å².